The maximum absolute atomic E-state index is 13.3. The highest BCUT2D eigenvalue weighted by Crippen LogP contribution is 2.39. The largest absolute Gasteiger partial charge is 0.430 e. The monoisotopic (exact) mass is 329 g/mol. The third-order valence-electron chi connectivity index (χ3n) is 3.03. The molecule has 0 spiro atoms. The molecule has 0 heterocycles. The third kappa shape index (κ3) is 3.08. The number of alkyl halides is 3. The van der Waals surface area contributed by atoms with Gasteiger partial charge in [0.2, 0.25) is 0 Å². The molecule has 0 aliphatic rings. The van der Waals surface area contributed by atoms with E-state index in [1.807, 2.05) is 5.32 Å². The first-order valence-electron chi connectivity index (χ1n) is 6.17. The third-order valence-corrected chi connectivity index (χ3v) is 3.28. The van der Waals surface area contributed by atoms with E-state index in [1.54, 1.807) is 0 Å². The van der Waals surface area contributed by atoms with E-state index in [1.165, 1.54) is 42.5 Å². The summed E-state index contributed by atoms with van der Waals surface area (Å²) in [4.78, 5) is 12.1. The van der Waals surface area contributed by atoms with Crippen LogP contribution in [0.3, 0.4) is 0 Å². The van der Waals surface area contributed by atoms with E-state index < -0.39 is 23.2 Å². The predicted molar refractivity (Wildman–Crippen MR) is 76.5 cm³/mol. The second kappa shape index (κ2) is 5.98. The van der Waals surface area contributed by atoms with Gasteiger partial charge in [-0.15, -0.1) is 0 Å². The van der Waals surface area contributed by atoms with Gasteiger partial charge in [0, 0.05) is 16.3 Å². The lowest BCUT2D eigenvalue weighted by Gasteiger charge is -2.29. The van der Waals surface area contributed by atoms with Gasteiger partial charge in [0.1, 0.15) is 0 Å². The van der Waals surface area contributed by atoms with Gasteiger partial charge < -0.3 is 10.4 Å². The summed E-state index contributed by atoms with van der Waals surface area (Å²) in [7, 11) is 0. The summed E-state index contributed by atoms with van der Waals surface area (Å²) in [6, 6.07) is 11.7. The van der Waals surface area contributed by atoms with Crippen molar-refractivity contribution >= 4 is 23.2 Å². The lowest BCUT2D eigenvalue weighted by atomic mass is 9.92. The normalized spacial score (nSPS) is 14.2. The fourth-order valence-corrected chi connectivity index (χ4v) is 1.98. The van der Waals surface area contributed by atoms with Crippen molar-refractivity contribution in [3.63, 3.8) is 0 Å². The molecule has 0 saturated carbocycles. The fourth-order valence-electron chi connectivity index (χ4n) is 1.86. The Morgan fingerprint density at radius 3 is 2.05 bits per heavy atom. The van der Waals surface area contributed by atoms with Crippen LogP contribution in [-0.4, -0.2) is 17.2 Å². The molecule has 1 unspecified atom stereocenters. The van der Waals surface area contributed by atoms with E-state index in [2.05, 4.69) is 0 Å². The van der Waals surface area contributed by atoms with Crippen LogP contribution in [0.5, 0.6) is 0 Å². The summed E-state index contributed by atoms with van der Waals surface area (Å²) < 4.78 is 39.8. The molecule has 2 aromatic carbocycles. The molecule has 116 valence electrons. The van der Waals surface area contributed by atoms with Crippen LogP contribution in [-0.2, 0) is 10.4 Å². The van der Waals surface area contributed by atoms with Gasteiger partial charge in [-0.25, -0.2) is 0 Å². The van der Waals surface area contributed by atoms with Crippen molar-refractivity contribution in [1.29, 1.82) is 0 Å². The number of rotatable bonds is 3. The number of aliphatic hydroxyl groups is 1. The van der Waals surface area contributed by atoms with Crippen molar-refractivity contribution in [3.8, 4) is 0 Å². The molecule has 0 aliphatic heterocycles. The molecule has 22 heavy (non-hydrogen) atoms. The Hall–Kier alpha value is -2.05. The van der Waals surface area contributed by atoms with Crippen molar-refractivity contribution in [3.05, 3.63) is 65.2 Å². The minimum atomic E-state index is -5.18. The maximum Gasteiger partial charge on any atom is 0.430 e. The molecule has 2 N–H and O–H groups in total. The zero-order valence-electron chi connectivity index (χ0n) is 11.1. The summed E-state index contributed by atoms with van der Waals surface area (Å²) in [6.45, 7) is 0. The van der Waals surface area contributed by atoms with E-state index in [0.29, 0.717) is 5.02 Å². The molecule has 1 atom stereocenters. The van der Waals surface area contributed by atoms with E-state index >= 15 is 0 Å². The molecule has 1 amide bonds. The Morgan fingerprint density at radius 1 is 1.00 bits per heavy atom. The number of hydrogen-bond donors (Lipinski definition) is 2. The molecule has 0 fully saturated rings. The zero-order valence-corrected chi connectivity index (χ0v) is 11.8. The molecule has 2 rings (SSSR count). The number of carbonyl (C=O) groups excluding carboxylic acids is 1. The Kier molecular flexibility index (Phi) is 4.44. The minimum absolute atomic E-state index is 0.0907. The number of carbonyl (C=O) groups is 1. The van der Waals surface area contributed by atoms with Gasteiger partial charge in [-0.2, -0.15) is 13.2 Å². The highest BCUT2D eigenvalue weighted by atomic mass is 35.5. The number of hydrogen-bond acceptors (Lipinski definition) is 2. The van der Waals surface area contributed by atoms with Gasteiger partial charge in [-0.1, -0.05) is 41.9 Å². The van der Waals surface area contributed by atoms with E-state index in [-0.39, 0.29) is 5.69 Å². The summed E-state index contributed by atoms with van der Waals surface area (Å²) in [5, 5.41) is 12.5. The summed E-state index contributed by atoms with van der Waals surface area (Å²) in [6.07, 6.45) is -5.18. The van der Waals surface area contributed by atoms with E-state index in [4.69, 9.17) is 11.6 Å². The van der Waals surface area contributed by atoms with Crippen LogP contribution in [0, 0.1) is 0 Å². The first-order valence-corrected chi connectivity index (χ1v) is 6.54. The van der Waals surface area contributed by atoms with Crippen LogP contribution in [0.25, 0.3) is 0 Å². The summed E-state index contributed by atoms with van der Waals surface area (Å²) in [5.41, 5.74) is -4.12. The van der Waals surface area contributed by atoms with Gasteiger partial charge >= 0.3 is 6.18 Å². The van der Waals surface area contributed by atoms with Crippen LogP contribution in [0.1, 0.15) is 5.56 Å². The predicted octanol–water partition coefficient (Wildman–Crippen LogP) is 3.73. The Bertz CT molecular complexity index is 659. The number of nitrogens with one attached hydrogen (secondary N) is 1. The van der Waals surface area contributed by atoms with Crippen molar-refractivity contribution in [1.82, 2.24) is 0 Å². The number of anilines is 1. The first kappa shape index (κ1) is 16.3. The minimum Gasteiger partial charge on any atom is -0.368 e. The van der Waals surface area contributed by atoms with Gasteiger partial charge in [-0.3, -0.25) is 4.79 Å². The van der Waals surface area contributed by atoms with Crippen LogP contribution in [0.15, 0.2) is 54.6 Å². The fraction of sp³-hybridized carbons (Fsp3) is 0.133. The zero-order chi connectivity index (χ0) is 16.4. The van der Waals surface area contributed by atoms with Gasteiger partial charge in [0.05, 0.1) is 0 Å². The number of benzene rings is 2. The van der Waals surface area contributed by atoms with Gasteiger partial charge in [0.25, 0.3) is 11.5 Å². The highest BCUT2D eigenvalue weighted by Gasteiger charge is 2.60. The molecular formula is C15H11ClF3NO2. The second-order valence-electron chi connectivity index (χ2n) is 4.54. The van der Waals surface area contributed by atoms with Gasteiger partial charge in [-0.05, 0) is 24.3 Å². The molecule has 7 heteroatoms. The van der Waals surface area contributed by atoms with Crippen molar-refractivity contribution in [2.24, 2.45) is 0 Å². The van der Waals surface area contributed by atoms with Crippen molar-refractivity contribution < 1.29 is 23.1 Å². The molecular weight excluding hydrogens is 319 g/mol. The Morgan fingerprint density at radius 2 is 1.55 bits per heavy atom. The summed E-state index contributed by atoms with van der Waals surface area (Å²) >= 11 is 5.66. The topological polar surface area (TPSA) is 49.3 Å². The average molecular weight is 330 g/mol. The smallest absolute Gasteiger partial charge is 0.368 e. The van der Waals surface area contributed by atoms with Gasteiger partial charge in [0.15, 0.2) is 0 Å². The van der Waals surface area contributed by atoms with E-state index in [0.717, 1.165) is 12.1 Å². The van der Waals surface area contributed by atoms with E-state index in [9.17, 15) is 23.1 Å². The quantitative estimate of drug-likeness (QED) is 0.901. The Labute approximate surface area is 129 Å². The molecule has 3 nitrogen and oxygen atoms in total. The first-order chi connectivity index (χ1) is 10.2. The van der Waals surface area contributed by atoms with Crippen LogP contribution in [0.2, 0.25) is 5.02 Å². The second-order valence-corrected chi connectivity index (χ2v) is 4.97. The SMILES string of the molecule is O=C(Nc1ccc(Cl)cc1)C(O)(c1ccccc1)C(F)(F)F. The van der Waals surface area contributed by atoms with Crippen LogP contribution >= 0.6 is 11.6 Å². The van der Waals surface area contributed by atoms with Crippen LogP contribution < -0.4 is 5.32 Å². The molecule has 0 aliphatic carbocycles. The lowest BCUT2D eigenvalue weighted by Crippen LogP contribution is -2.51. The molecule has 0 bridgehead atoms. The Balaban J connectivity index is 2.38. The number of amides is 1. The standard InChI is InChI=1S/C15H11ClF3NO2/c16-11-6-8-12(9-7-11)20-13(21)14(22,15(17,18)19)10-4-2-1-3-5-10/h1-9,22H,(H,20,21). The van der Waals surface area contributed by atoms with Crippen molar-refractivity contribution in [2.45, 2.75) is 11.8 Å². The maximum atomic E-state index is 13.3. The van der Waals surface area contributed by atoms with Crippen LogP contribution in [0.4, 0.5) is 18.9 Å². The highest BCUT2D eigenvalue weighted by molar-refractivity contribution is 6.30. The average Bonchev–Trinajstić information content (AvgIpc) is 2.48. The van der Waals surface area contributed by atoms with Crippen molar-refractivity contribution in [2.75, 3.05) is 5.32 Å². The summed E-state index contributed by atoms with van der Waals surface area (Å²) in [5.74, 6) is -1.59. The lowest BCUT2D eigenvalue weighted by molar-refractivity contribution is -0.254. The number of halogens is 4. The molecule has 0 saturated heterocycles. The molecule has 0 radical (unpaired) electrons. The molecule has 0 aromatic heterocycles. The molecule has 2 aromatic rings.